The average molecular weight is 469 g/mol. The highest BCUT2D eigenvalue weighted by Gasteiger charge is 2.25. The molecule has 2 amide bonds. The highest BCUT2D eigenvalue weighted by atomic mass is 16.3. The topological polar surface area (TPSA) is 78.7 Å². The van der Waals surface area contributed by atoms with Crippen molar-refractivity contribution in [2.24, 2.45) is 0 Å². The van der Waals surface area contributed by atoms with Gasteiger partial charge >= 0.3 is 0 Å². The Balaban J connectivity index is 1.57. The number of benzene rings is 3. The van der Waals surface area contributed by atoms with Crippen LogP contribution in [0.25, 0.3) is 11.3 Å². The molecule has 0 aliphatic carbocycles. The molecule has 4 rings (SSSR count). The molecule has 178 valence electrons. The molecule has 0 saturated carbocycles. The molecule has 0 spiro atoms. The highest BCUT2D eigenvalue weighted by Crippen LogP contribution is 2.29. The summed E-state index contributed by atoms with van der Waals surface area (Å²) in [6, 6.07) is 24.5. The van der Waals surface area contributed by atoms with Crippen molar-refractivity contribution in [3.8, 4) is 11.3 Å². The molecule has 1 N–H and O–H groups in total. The number of rotatable bonds is 8. The Hall–Kier alpha value is -4.39. The lowest BCUT2D eigenvalue weighted by molar-refractivity contribution is 0.0944. The first-order valence-electron chi connectivity index (χ1n) is 11.4. The average Bonchev–Trinajstić information content (AvgIpc) is 3.38. The number of carbonyl (C=O) groups excluding carboxylic acids is 2. The molecule has 0 aliphatic rings. The number of amides is 2. The van der Waals surface area contributed by atoms with Gasteiger partial charge in [-0.2, -0.15) is 0 Å². The van der Waals surface area contributed by atoms with Crippen molar-refractivity contribution in [3.05, 3.63) is 102 Å². The summed E-state index contributed by atoms with van der Waals surface area (Å²) in [5, 5.41) is 2.90. The van der Waals surface area contributed by atoms with Crippen LogP contribution in [0.15, 0.2) is 89.7 Å². The number of hydrogen-bond donors (Lipinski definition) is 1. The van der Waals surface area contributed by atoms with E-state index >= 15 is 0 Å². The summed E-state index contributed by atoms with van der Waals surface area (Å²) in [5.41, 5.74) is 3.93. The standard InChI is InChI=1S/C28H28N4O3/c1-4-32(22-10-6-5-7-11-22)28(34)24-13-9-8-12-23(24)26-25(30-19-35-26)27(33)29-18-20-14-16-21(17-15-20)31(2)3/h5-17,19H,4,18H2,1-3H3,(H,29,33). The van der Waals surface area contributed by atoms with E-state index in [9.17, 15) is 9.59 Å². The molecule has 0 bridgehead atoms. The Morgan fingerprint density at radius 1 is 0.886 bits per heavy atom. The normalized spacial score (nSPS) is 10.6. The quantitative estimate of drug-likeness (QED) is 0.394. The van der Waals surface area contributed by atoms with Gasteiger partial charge in [-0.3, -0.25) is 9.59 Å². The second kappa shape index (κ2) is 10.7. The van der Waals surface area contributed by atoms with Crippen molar-refractivity contribution < 1.29 is 14.0 Å². The maximum Gasteiger partial charge on any atom is 0.274 e. The minimum atomic E-state index is -0.372. The number of aromatic nitrogens is 1. The predicted octanol–water partition coefficient (Wildman–Crippen LogP) is 5.00. The number of anilines is 2. The lowest BCUT2D eigenvalue weighted by Gasteiger charge is -2.22. The van der Waals surface area contributed by atoms with Crippen molar-refractivity contribution >= 4 is 23.2 Å². The van der Waals surface area contributed by atoms with Gasteiger partial charge in [0.05, 0.1) is 5.56 Å². The van der Waals surface area contributed by atoms with Gasteiger partial charge in [-0.1, -0.05) is 48.5 Å². The minimum Gasteiger partial charge on any atom is -0.443 e. The van der Waals surface area contributed by atoms with Gasteiger partial charge in [0.15, 0.2) is 17.8 Å². The predicted molar refractivity (Wildman–Crippen MR) is 138 cm³/mol. The van der Waals surface area contributed by atoms with Crippen LogP contribution in [0.3, 0.4) is 0 Å². The molecule has 1 heterocycles. The second-order valence-corrected chi connectivity index (χ2v) is 8.20. The molecule has 7 heteroatoms. The summed E-state index contributed by atoms with van der Waals surface area (Å²) >= 11 is 0. The van der Waals surface area contributed by atoms with Crippen LogP contribution in [0.4, 0.5) is 11.4 Å². The van der Waals surface area contributed by atoms with E-state index in [1.54, 1.807) is 29.2 Å². The number of oxazole rings is 1. The van der Waals surface area contributed by atoms with E-state index in [4.69, 9.17) is 4.42 Å². The minimum absolute atomic E-state index is 0.137. The zero-order valence-corrected chi connectivity index (χ0v) is 20.1. The maximum absolute atomic E-state index is 13.5. The first-order chi connectivity index (χ1) is 17.0. The number of hydrogen-bond acceptors (Lipinski definition) is 5. The highest BCUT2D eigenvalue weighted by molar-refractivity contribution is 6.11. The third-order valence-corrected chi connectivity index (χ3v) is 5.72. The van der Waals surface area contributed by atoms with E-state index in [2.05, 4.69) is 10.3 Å². The molecule has 0 fully saturated rings. The summed E-state index contributed by atoms with van der Waals surface area (Å²) in [7, 11) is 3.95. The maximum atomic E-state index is 13.5. The van der Waals surface area contributed by atoms with Crippen LogP contribution in [0.5, 0.6) is 0 Å². The fraction of sp³-hybridized carbons (Fsp3) is 0.179. The molecule has 0 atom stereocenters. The van der Waals surface area contributed by atoms with Gasteiger partial charge in [-0.15, -0.1) is 0 Å². The first kappa shape index (κ1) is 23.8. The lowest BCUT2D eigenvalue weighted by atomic mass is 10.0. The zero-order valence-electron chi connectivity index (χ0n) is 20.1. The molecule has 0 saturated heterocycles. The number of para-hydroxylation sites is 1. The fourth-order valence-corrected chi connectivity index (χ4v) is 3.84. The van der Waals surface area contributed by atoms with Crippen LogP contribution >= 0.6 is 0 Å². The van der Waals surface area contributed by atoms with E-state index in [-0.39, 0.29) is 23.3 Å². The van der Waals surface area contributed by atoms with E-state index in [0.717, 1.165) is 16.9 Å². The second-order valence-electron chi connectivity index (χ2n) is 8.20. The molecule has 0 aliphatic heterocycles. The van der Waals surface area contributed by atoms with Crippen LogP contribution in [0.1, 0.15) is 33.3 Å². The lowest BCUT2D eigenvalue weighted by Crippen LogP contribution is -2.31. The van der Waals surface area contributed by atoms with E-state index < -0.39 is 0 Å². The fourth-order valence-electron chi connectivity index (χ4n) is 3.84. The Kier molecular flexibility index (Phi) is 7.26. The summed E-state index contributed by atoms with van der Waals surface area (Å²) in [4.78, 5) is 34.4. The summed E-state index contributed by atoms with van der Waals surface area (Å²) in [5.74, 6) is -0.292. The summed E-state index contributed by atoms with van der Waals surface area (Å²) in [6.45, 7) is 2.76. The van der Waals surface area contributed by atoms with E-state index in [1.165, 1.54) is 6.39 Å². The van der Waals surface area contributed by atoms with Crippen LogP contribution in [0, 0.1) is 0 Å². The SMILES string of the molecule is CCN(C(=O)c1ccccc1-c1ocnc1C(=O)NCc1ccc(N(C)C)cc1)c1ccccc1. The van der Waals surface area contributed by atoms with Crippen LogP contribution in [-0.2, 0) is 6.54 Å². The smallest absolute Gasteiger partial charge is 0.274 e. The van der Waals surface area contributed by atoms with Crippen molar-refractivity contribution in [1.29, 1.82) is 0 Å². The number of carbonyl (C=O) groups is 2. The van der Waals surface area contributed by atoms with Gasteiger partial charge in [-0.25, -0.2) is 4.98 Å². The number of nitrogens with zero attached hydrogens (tertiary/aromatic N) is 3. The molecule has 1 aromatic heterocycles. The molecule has 0 radical (unpaired) electrons. The third kappa shape index (κ3) is 5.24. The third-order valence-electron chi connectivity index (χ3n) is 5.72. The van der Waals surface area contributed by atoms with Gasteiger partial charge in [-0.05, 0) is 42.8 Å². The summed E-state index contributed by atoms with van der Waals surface area (Å²) in [6.07, 6.45) is 1.23. The van der Waals surface area contributed by atoms with Gasteiger partial charge in [0, 0.05) is 44.1 Å². The molecule has 4 aromatic rings. The van der Waals surface area contributed by atoms with E-state index in [0.29, 0.717) is 24.2 Å². The van der Waals surface area contributed by atoms with Crippen molar-refractivity contribution in [3.63, 3.8) is 0 Å². The molecule has 3 aromatic carbocycles. The van der Waals surface area contributed by atoms with Crippen molar-refractivity contribution in [2.45, 2.75) is 13.5 Å². The van der Waals surface area contributed by atoms with Gasteiger partial charge < -0.3 is 19.5 Å². The van der Waals surface area contributed by atoms with Gasteiger partial charge in [0.2, 0.25) is 0 Å². The zero-order chi connectivity index (χ0) is 24.8. The molecular formula is C28H28N4O3. The largest absolute Gasteiger partial charge is 0.443 e. The van der Waals surface area contributed by atoms with E-state index in [1.807, 2.05) is 80.5 Å². The Morgan fingerprint density at radius 3 is 2.26 bits per heavy atom. The monoisotopic (exact) mass is 468 g/mol. The number of nitrogens with one attached hydrogen (secondary N) is 1. The molecular weight excluding hydrogens is 440 g/mol. The molecule has 0 unspecified atom stereocenters. The Bertz CT molecular complexity index is 1300. The van der Waals surface area contributed by atoms with Crippen molar-refractivity contribution in [1.82, 2.24) is 10.3 Å². The Labute approximate surface area is 205 Å². The van der Waals surface area contributed by atoms with Crippen LogP contribution in [0.2, 0.25) is 0 Å². The van der Waals surface area contributed by atoms with Crippen LogP contribution in [-0.4, -0.2) is 37.4 Å². The van der Waals surface area contributed by atoms with Crippen molar-refractivity contribution in [2.75, 3.05) is 30.4 Å². The first-order valence-corrected chi connectivity index (χ1v) is 11.4. The Morgan fingerprint density at radius 2 is 1.57 bits per heavy atom. The van der Waals surface area contributed by atoms with Gasteiger partial charge in [0.1, 0.15) is 0 Å². The summed E-state index contributed by atoms with van der Waals surface area (Å²) < 4.78 is 5.63. The van der Waals surface area contributed by atoms with Gasteiger partial charge in [0.25, 0.3) is 11.8 Å². The molecule has 7 nitrogen and oxygen atoms in total. The van der Waals surface area contributed by atoms with Crippen LogP contribution < -0.4 is 15.1 Å². The molecule has 35 heavy (non-hydrogen) atoms.